The first-order valence-electron chi connectivity index (χ1n) is 5.85. The summed E-state index contributed by atoms with van der Waals surface area (Å²) in [7, 11) is 0. The standard InChI is InChI=1S/C13H20N2O2/c1-3-15-13(12(14)16,10-17-4-2)11-8-6-5-7-9-11/h5-9,15H,3-4,10H2,1-2H3,(H2,14,16). The molecule has 1 aromatic rings. The number of nitrogens with two attached hydrogens (primary N) is 1. The molecule has 94 valence electrons. The van der Waals surface area contributed by atoms with Crippen LogP contribution in [-0.2, 0) is 15.1 Å². The van der Waals surface area contributed by atoms with Gasteiger partial charge in [0.05, 0.1) is 6.61 Å². The normalized spacial score (nSPS) is 14.2. The van der Waals surface area contributed by atoms with Gasteiger partial charge >= 0.3 is 0 Å². The first-order valence-corrected chi connectivity index (χ1v) is 5.85. The third-order valence-corrected chi connectivity index (χ3v) is 2.69. The second kappa shape index (κ2) is 6.37. The van der Waals surface area contributed by atoms with Gasteiger partial charge in [-0.3, -0.25) is 10.1 Å². The molecule has 0 saturated heterocycles. The Kier molecular flexibility index (Phi) is 5.12. The van der Waals surface area contributed by atoms with Gasteiger partial charge in [-0.05, 0) is 19.0 Å². The van der Waals surface area contributed by atoms with Crippen molar-refractivity contribution in [3.8, 4) is 0 Å². The van der Waals surface area contributed by atoms with Gasteiger partial charge in [-0.1, -0.05) is 37.3 Å². The lowest BCUT2D eigenvalue weighted by Gasteiger charge is -2.31. The van der Waals surface area contributed by atoms with Crippen molar-refractivity contribution in [2.75, 3.05) is 19.8 Å². The van der Waals surface area contributed by atoms with Gasteiger partial charge in [0.15, 0.2) is 0 Å². The Hall–Kier alpha value is -1.39. The molecule has 4 nitrogen and oxygen atoms in total. The Morgan fingerprint density at radius 3 is 2.47 bits per heavy atom. The van der Waals surface area contributed by atoms with Crippen LogP contribution >= 0.6 is 0 Å². The molecule has 0 bridgehead atoms. The van der Waals surface area contributed by atoms with Gasteiger partial charge < -0.3 is 10.5 Å². The Bertz CT molecular complexity index is 354. The van der Waals surface area contributed by atoms with Crippen molar-refractivity contribution in [2.45, 2.75) is 19.4 Å². The molecular weight excluding hydrogens is 216 g/mol. The number of ether oxygens (including phenoxy) is 1. The minimum Gasteiger partial charge on any atom is -0.379 e. The summed E-state index contributed by atoms with van der Waals surface area (Å²) in [5, 5.41) is 3.15. The number of hydrogen-bond donors (Lipinski definition) is 2. The van der Waals surface area contributed by atoms with Crippen LogP contribution in [0.25, 0.3) is 0 Å². The molecule has 0 radical (unpaired) electrons. The molecule has 0 aromatic heterocycles. The largest absolute Gasteiger partial charge is 0.379 e. The Balaban J connectivity index is 3.10. The zero-order valence-corrected chi connectivity index (χ0v) is 10.4. The van der Waals surface area contributed by atoms with Crippen molar-refractivity contribution in [3.63, 3.8) is 0 Å². The van der Waals surface area contributed by atoms with Gasteiger partial charge in [-0.25, -0.2) is 0 Å². The van der Waals surface area contributed by atoms with E-state index in [0.717, 1.165) is 5.56 Å². The molecule has 1 unspecified atom stereocenters. The van der Waals surface area contributed by atoms with Gasteiger partial charge in [0.1, 0.15) is 5.54 Å². The number of carbonyl (C=O) groups is 1. The van der Waals surface area contributed by atoms with Crippen molar-refractivity contribution in [3.05, 3.63) is 35.9 Å². The van der Waals surface area contributed by atoms with Crippen molar-refractivity contribution in [1.82, 2.24) is 5.32 Å². The second-order valence-electron chi connectivity index (χ2n) is 3.80. The molecule has 0 aliphatic carbocycles. The minimum atomic E-state index is -0.938. The SMILES string of the molecule is CCNC(COCC)(C(N)=O)c1ccccc1. The number of benzene rings is 1. The monoisotopic (exact) mass is 236 g/mol. The summed E-state index contributed by atoms with van der Waals surface area (Å²) in [4.78, 5) is 11.8. The Morgan fingerprint density at radius 2 is 2.00 bits per heavy atom. The molecule has 0 spiro atoms. The van der Waals surface area contributed by atoms with Crippen LogP contribution in [0, 0.1) is 0 Å². The number of rotatable bonds is 7. The van der Waals surface area contributed by atoms with Gasteiger partial charge in [-0.15, -0.1) is 0 Å². The molecule has 1 rings (SSSR count). The summed E-state index contributed by atoms with van der Waals surface area (Å²) in [5.74, 6) is -0.418. The molecule has 1 aromatic carbocycles. The van der Waals surface area contributed by atoms with E-state index in [1.54, 1.807) is 0 Å². The van der Waals surface area contributed by atoms with E-state index in [1.807, 2.05) is 44.2 Å². The summed E-state index contributed by atoms with van der Waals surface area (Å²) in [5.41, 5.74) is 5.45. The summed E-state index contributed by atoms with van der Waals surface area (Å²) in [6, 6.07) is 9.44. The number of hydrogen-bond acceptors (Lipinski definition) is 3. The van der Waals surface area contributed by atoms with Crippen molar-refractivity contribution < 1.29 is 9.53 Å². The Labute approximate surface area is 102 Å². The molecular formula is C13H20N2O2. The third-order valence-electron chi connectivity index (χ3n) is 2.69. The van der Waals surface area contributed by atoms with Crippen molar-refractivity contribution >= 4 is 5.91 Å². The van der Waals surface area contributed by atoms with E-state index in [9.17, 15) is 4.79 Å². The highest BCUT2D eigenvalue weighted by atomic mass is 16.5. The maximum atomic E-state index is 11.8. The number of carbonyl (C=O) groups excluding carboxylic acids is 1. The van der Waals surface area contributed by atoms with Crippen LogP contribution in [0.1, 0.15) is 19.4 Å². The summed E-state index contributed by atoms with van der Waals surface area (Å²) < 4.78 is 5.40. The first-order chi connectivity index (χ1) is 8.17. The molecule has 3 N–H and O–H groups in total. The van der Waals surface area contributed by atoms with Crippen molar-refractivity contribution in [1.29, 1.82) is 0 Å². The molecule has 0 saturated carbocycles. The predicted octanol–water partition coefficient (Wildman–Crippen LogP) is 1.01. The lowest BCUT2D eigenvalue weighted by Crippen LogP contribution is -2.55. The smallest absolute Gasteiger partial charge is 0.244 e. The Morgan fingerprint density at radius 1 is 1.35 bits per heavy atom. The second-order valence-corrected chi connectivity index (χ2v) is 3.80. The van der Waals surface area contributed by atoms with Gasteiger partial charge in [0.25, 0.3) is 0 Å². The molecule has 0 aliphatic heterocycles. The van der Waals surface area contributed by atoms with E-state index >= 15 is 0 Å². The number of amides is 1. The fourth-order valence-corrected chi connectivity index (χ4v) is 1.82. The van der Waals surface area contributed by atoms with Gasteiger partial charge in [0.2, 0.25) is 5.91 Å². The van der Waals surface area contributed by atoms with E-state index in [4.69, 9.17) is 10.5 Å². The van der Waals surface area contributed by atoms with Crippen LogP contribution in [0.15, 0.2) is 30.3 Å². The van der Waals surface area contributed by atoms with Crippen molar-refractivity contribution in [2.24, 2.45) is 5.73 Å². The molecule has 1 amide bonds. The minimum absolute atomic E-state index is 0.247. The molecule has 17 heavy (non-hydrogen) atoms. The molecule has 4 heteroatoms. The topological polar surface area (TPSA) is 64.3 Å². The van der Waals surface area contributed by atoms with Crippen LogP contribution < -0.4 is 11.1 Å². The number of nitrogens with one attached hydrogen (secondary N) is 1. The lowest BCUT2D eigenvalue weighted by molar-refractivity contribution is -0.127. The summed E-state index contributed by atoms with van der Waals surface area (Å²) >= 11 is 0. The average molecular weight is 236 g/mol. The predicted molar refractivity (Wildman–Crippen MR) is 67.5 cm³/mol. The summed E-state index contributed by atoms with van der Waals surface area (Å²) in [6.07, 6.45) is 0. The van der Waals surface area contributed by atoms with Gasteiger partial charge in [-0.2, -0.15) is 0 Å². The van der Waals surface area contributed by atoms with Gasteiger partial charge in [0, 0.05) is 6.61 Å². The quantitative estimate of drug-likeness (QED) is 0.742. The van der Waals surface area contributed by atoms with E-state index < -0.39 is 11.4 Å². The number of likely N-dealkylation sites (N-methyl/N-ethyl adjacent to an activating group) is 1. The van der Waals surface area contributed by atoms with Crippen LogP contribution in [0.4, 0.5) is 0 Å². The van der Waals surface area contributed by atoms with E-state index in [-0.39, 0.29) is 6.61 Å². The highest BCUT2D eigenvalue weighted by molar-refractivity contribution is 5.86. The average Bonchev–Trinajstić information content (AvgIpc) is 2.35. The zero-order valence-electron chi connectivity index (χ0n) is 10.4. The third kappa shape index (κ3) is 3.05. The molecule has 0 heterocycles. The highest BCUT2D eigenvalue weighted by Gasteiger charge is 2.37. The molecule has 1 atom stereocenters. The van der Waals surface area contributed by atoms with E-state index in [1.165, 1.54) is 0 Å². The lowest BCUT2D eigenvalue weighted by atomic mass is 9.89. The zero-order chi connectivity index (χ0) is 12.7. The van der Waals surface area contributed by atoms with E-state index in [2.05, 4.69) is 5.32 Å². The maximum absolute atomic E-state index is 11.8. The van der Waals surface area contributed by atoms with E-state index in [0.29, 0.717) is 13.2 Å². The fraction of sp³-hybridized carbons (Fsp3) is 0.462. The molecule has 0 aliphatic rings. The molecule has 0 fully saturated rings. The number of primary amides is 1. The van der Waals surface area contributed by atoms with Crippen LogP contribution in [0.5, 0.6) is 0 Å². The highest BCUT2D eigenvalue weighted by Crippen LogP contribution is 2.21. The maximum Gasteiger partial charge on any atom is 0.244 e. The van der Waals surface area contributed by atoms with Crippen LogP contribution in [0.2, 0.25) is 0 Å². The fourth-order valence-electron chi connectivity index (χ4n) is 1.82. The first kappa shape index (κ1) is 13.7. The van der Waals surface area contributed by atoms with Crippen LogP contribution in [-0.4, -0.2) is 25.7 Å². The summed E-state index contributed by atoms with van der Waals surface area (Å²) in [6.45, 7) is 5.27. The van der Waals surface area contributed by atoms with Crippen LogP contribution in [0.3, 0.4) is 0 Å².